The minimum Gasteiger partial charge on any atom is -0.391 e. The first kappa shape index (κ1) is 10.5. The summed E-state index contributed by atoms with van der Waals surface area (Å²) in [6.07, 6.45) is 4.71. The van der Waals surface area contributed by atoms with Crippen molar-refractivity contribution in [3.8, 4) is 0 Å². The zero-order chi connectivity index (χ0) is 8.97. The Hall–Kier alpha value is 0.400. The fraction of sp³-hybridized carbons (Fsp3) is 1.00. The molecule has 1 fully saturated rings. The highest BCUT2D eigenvalue weighted by Crippen LogP contribution is 2.25. The molecule has 0 amide bonds. The number of halogens is 1. The molecule has 0 aromatic heterocycles. The van der Waals surface area contributed by atoms with Gasteiger partial charge in [0, 0.05) is 4.83 Å². The van der Waals surface area contributed by atoms with Gasteiger partial charge in [0.15, 0.2) is 0 Å². The molecule has 1 rings (SSSR count). The summed E-state index contributed by atoms with van der Waals surface area (Å²) in [7, 11) is 0. The minimum atomic E-state index is -0.327. The summed E-state index contributed by atoms with van der Waals surface area (Å²) in [5.41, 5.74) is 0. The van der Waals surface area contributed by atoms with E-state index in [1.165, 1.54) is 12.8 Å². The molecule has 0 aromatic carbocycles. The first-order valence-electron chi connectivity index (χ1n) is 4.62. The number of hydrogen-bond donors (Lipinski definition) is 1. The van der Waals surface area contributed by atoms with E-state index in [9.17, 15) is 0 Å². The van der Waals surface area contributed by atoms with Crippen molar-refractivity contribution in [3.63, 3.8) is 0 Å². The molecule has 2 nitrogen and oxygen atoms in total. The van der Waals surface area contributed by atoms with Gasteiger partial charge in [0.1, 0.15) is 0 Å². The second-order valence-corrected chi connectivity index (χ2v) is 4.85. The summed E-state index contributed by atoms with van der Waals surface area (Å²) >= 11 is 3.59. The second kappa shape index (κ2) is 5.20. The van der Waals surface area contributed by atoms with Crippen LogP contribution < -0.4 is 0 Å². The van der Waals surface area contributed by atoms with Crippen LogP contribution in [0.5, 0.6) is 0 Å². The van der Waals surface area contributed by atoms with E-state index in [-0.39, 0.29) is 6.10 Å². The molecule has 0 heterocycles. The van der Waals surface area contributed by atoms with E-state index in [1.807, 2.05) is 0 Å². The molecule has 72 valence electrons. The molecule has 0 spiro atoms. The van der Waals surface area contributed by atoms with Crippen LogP contribution in [0.4, 0.5) is 0 Å². The Morgan fingerprint density at radius 3 is 2.50 bits per heavy atom. The van der Waals surface area contributed by atoms with Crippen LogP contribution in [-0.4, -0.2) is 28.7 Å². The maximum atomic E-state index is 9.00. The van der Waals surface area contributed by atoms with Gasteiger partial charge in [0.2, 0.25) is 0 Å². The maximum Gasteiger partial charge on any atom is 0.0745 e. The van der Waals surface area contributed by atoms with Gasteiger partial charge in [-0.25, -0.2) is 0 Å². The van der Waals surface area contributed by atoms with E-state index in [0.29, 0.717) is 17.5 Å². The molecule has 3 heteroatoms. The average Bonchev–Trinajstić information content (AvgIpc) is 2.03. The summed E-state index contributed by atoms with van der Waals surface area (Å²) < 4.78 is 5.52. The van der Waals surface area contributed by atoms with Crippen molar-refractivity contribution in [1.82, 2.24) is 0 Å². The lowest BCUT2D eigenvalue weighted by atomic mass is 9.98. The predicted octanol–water partition coefficient (Wildman–Crippen LogP) is 2.09. The Morgan fingerprint density at radius 1 is 1.42 bits per heavy atom. The highest BCUT2D eigenvalue weighted by molar-refractivity contribution is 9.09. The zero-order valence-corrected chi connectivity index (χ0v) is 9.09. The van der Waals surface area contributed by atoms with E-state index in [4.69, 9.17) is 9.84 Å². The van der Waals surface area contributed by atoms with Gasteiger partial charge in [0.05, 0.1) is 18.8 Å². The normalized spacial score (nSPS) is 33.2. The van der Waals surface area contributed by atoms with Gasteiger partial charge in [0.25, 0.3) is 0 Å². The van der Waals surface area contributed by atoms with Crippen molar-refractivity contribution in [2.24, 2.45) is 0 Å². The minimum absolute atomic E-state index is 0.327. The quantitative estimate of drug-likeness (QED) is 0.761. The van der Waals surface area contributed by atoms with Gasteiger partial charge in [-0.15, -0.1) is 0 Å². The third-order valence-corrected chi connectivity index (χ3v) is 3.09. The van der Waals surface area contributed by atoms with Gasteiger partial charge >= 0.3 is 0 Å². The molecule has 0 aromatic rings. The van der Waals surface area contributed by atoms with Crippen LogP contribution in [0, 0.1) is 0 Å². The molecule has 12 heavy (non-hydrogen) atoms. The van der Waals surface area contributed by atoms with E-state index in [0.717, 1.165) is 12.8 Å². The van der Waals surface area contributed by atoms with Gasteiger partial charge in [-0.05, 0) is 32.6 Å². The number of aliphatic hydroxyl groups is 1. The monoisotopic (exact) mass is 236 g/mol. The second-order valence-electron chi connectivity index (χ2n) is 3.56. The highest BCUT2D eigenvalue weighted by atomic mass is 79.9. The van der Waals surface area contributed by atoms with Gasteiger partial charge in [-0.1, -0.05) is 15.9 Å². The number of rotatable bonds is 3. The van der Waals surface area contributed by atoms with Crippen molar-refractivity contribution in [1.29, 1.82) is 0 Å². The first-order chi connectivity index (χ1) is 5.68. The molecular formula is C9H17BrO2. The molecule has 0 saturated heterocycles. The Balaban J connectivity index is 2.09. The summed E-state index contributed by atoms with van der Waals surface area (Å²) in [5, 5.41) is 9.00. The first-order valence-corrected chi connectivity index (χ1v) is 5.54. The van der Waals surface area contributed by atoms with Crippen LogP contribution >= 0.6 is 15.9 Å². The largest absolute Gasteiger partial charge is 0.391 e. The lowest BCUT2D eigenvalue weighted by molar-refractivity contribution is -0.0170. The standard InChI is InChI=1S/C9H17BrO2/c1-7(11)6-12-9-4-2-8(10)3-5-9/h7-9,11H,2-6H2,1H3. The van der Waals surface area contributed by atoms with Gasteiger partial charge in [-0.3, -0.25) is 0 Å². The topological polar surface area (TPSA) is 29.5 Å². The zero-order valence-electron chi connectivity index (χ0n) is 7.50. The molecule has 1 unspecified atom stereocenters. The SMILES string of the molecule is CC(O)COC1CCC(Br)CC1. The van der Waals surface area contributed by atoms with Crippen LogP contribution in [0.3, 0.4) is 0 Å². The Labute approximate surface area is 82.4 Å². The van der Waals surface area contributed by atoms with E-state index < -0.39 is 0 Å². The Bertz CT molecular complexity index is 120. The van der Waals surface area contributed by atoms with Crippen molar-refractivity contribution < 1.29 is 9.84 Å². The third-order valence-electron chi connectivity index (χ3n) is 2.18. The third kappa shape index (κ3) is 3.87. The van der Waals surface area contributed by atoms with Crippen molar-refractivity contribution in [3.05, 3.63) is 0 Å². The number of hydrogen-bond acceptors (Lipinski definition) is 2. The number of aliphatic hydroxyl groups excluding tert-OH is 1. The Kier molecular flexibility index (Phi) is 4.54. The van der Waals surface area contributed by atoms with Crippen LogP contribution in [0.2, 0.25) is 0 Å². The van der Waals surface area contributed by atoms with Crippen molar-refractivity contribution in [2.45, 2.75) is 49.6 Å². The molecule has 1 N–H and O–H groups in total. The van der Waals surface area contributed by atoms with Crippen LogP contribution in [0.15, 0.2) is 0 Å². The smallest absolute Gasteiger partial charge is 0.0745 e. The van der Waals surface area contributed by atoms with E-state index in [2.05, 4.69) is 15.9 Å². The van der Waals surface area contributed by atoms with Crippen molar-refractivity contribution in [2.75, 3.05) is 6.61 Å². The molecule has 1 atom stereocenters. The van der Waals surface area contributed by atoms with E-state index >= 15 is 0 Å². The van der Waals surface area contributed by atoms with Crippen LogP contribution in [0.25, 0.3) is 0 Å². The fourth-order valence-corrected chi connectivity index (χ4v) is 1.99. The van der Waals surface area contributed by atoms with Crippen LogP contribution in [-0.2, 0) is 4.74 Å². The number of alkyl halides is 1. The summed E-state index contributed by atoms with van der Waals surface area (Å²) in [5.74, 6) is 0. The van der Waals surface area contributed by atoms with Crippen LogP contribution in [0.1, 0.15) is 32.6 Å². The summed E-state index contributed by atoms with van der Waals surface area (Å²) in [6.45, 7) is 2.24. The molecule has 0 bridgehead atoms. The molecule has 1 saturated carbocycles. The molecular weight excluding hydrogens is 220 g/mol. The van der Waals surface area contributed by atoms with Gasteiger partial charge in [-0.2, -0.15) is 0 Å². The van der Waals surface area contributed by atoms with E-state index in [1.54, 1.807) is 6.92 Å². The molecule has 0 radical (unpaired) electrons. The summed E-state index contributed by atoms with van der Waals surface area (Å²) in [6, 6.07) is 0. The van der Waals surface area contributed by atoms with Crippen molar-refractivity contribution >= 4 is 15.9 Å². The maximum absolute atomic E-state index is 9.00. The highest BCUT2D eigenvalue weighted by Gasteiger charge is 2.19. The summed E-state index contributed by atoms with van der Waals surface area (Å²) in [4.78, 5) is 0.684. The molecule has 1 aliphatic carbocycles. The predicted molar refractivity (Wildman–Crippen MR) is 52.6 cm³/mol. The Morgan fingerprint density at radius 2 is 2.00 bits per heavy atom. The lowest BCUT2D eigenvalue weighted by Gasteiger charge is -2.25. The van der Waals surface area contributed by atoms with Gasteiger partial charge < -0.3 is 9.84 Å². The fourth-order valence-electron chi connectivity index (χ4n) is 1.46. The molecule has 0 aliphatic heterocycles. The molecule has 1 aliphatic rings. The lowest BCUT2D eigenvalue weighted by Crippen LogP contribution is -2.24. The average molecular weight is 237 g/mol. The number of ether oxygens (including phenoxy) is 1.